The predicted molar refractivity (Wildman–Crippen MR) is 67.6 cm³/mol. The van der Waals surface area contributed by atoms with E-state index in [0.717, 1.165) is 11.1 Å². The van der Waals surface area contributed by atoms with Crippen molar-refractivity contribution in [3.05, 3.63) is 24.2 Å². The average molecular weight is 338 g/mol. The van der Waals surface area contributed by atoms with Crippen molar-refractivity contribution >= 4 is 27.0 Å². The van der Waals surface area contributed by atoms with Crippen LogP contribution in [-0.4, -0.2) is 43.8 Å². The van der Waals surface area contributed by atoms with Crippen LogP contribution in [0.3, 0.4) is 0 Å². The van der Waals surface area contributed by atoms with Crippen molar-refractivity contribution in [1.29, 1.82) is 0 Å². The summed E-state index contributed by atoms with van der Waals surface area (Å²) in [6.45, 7) is 0. The maximum absolute atomic E-state index is 12.5. The zero-order chi connectivity index (χ0) is 16.7. The summed E-state index contributed by atoms with van der Waals surface area (Å²) in [6, 6.07) is 1.26. The number of hydrogen-bond donors (Lipinski definition) is 0. The minimum atomic E-state index is -5.95. The van der Waals surface area contributed by atoms with E-state index in [9.17, 15) is 26.4 Å². The standard InChI is InChI=1S/C11H9F3N2O5S/c1-16(2)10(17)9-8(21-22(18,19)11(12,13)14)6-5-15-4-3-7(6)20-9/h3-5H,1-2H3. The Morgan fingerprint density at radius 2 is 2.00 bits per heavy atom. The van der Waals surface area contributed by atoms with Gasteiger partial charge in [0.1, 0.15) is 5.58 Å². The first kappa shape index (κ1) is 16.1. The molecule has 0 fully saturated rings. The van der Waals surface area contributed by atoms with E-state index in [1.165, 1.54) is 26.4 Å². The van der Waals surface area contributed by atoms with E-state index in [4.69, 9.17) is 4.42 Å². The number of rotatable bonds is 3. The third kappa shape index (κ3) is 2.71. The Labute approximate surface area is 122 Å². The fourth-order valence-electron chi connectivity index (χ4n) is 1.50. The van der Waals surface area contributed by atoms with E-state index in [1.807, 2.05) is 0 Å². The molecule has 0 saturated heterocycles. The van der Waals surface area contributed by atoms with E-state index < -0.39 is 33.0 Å². The second kappa shape index (κ2) is 5.16. The smallest absolute Gasteiger partial charge is 0.447 e. The lowest BCUT2D eigenvalue weighted by Crippen LogP contribution is -2.29. The van der Waals surface area contributed by atoms with Crippen LogP contribution in [0.15, 0.2) is 22.9 Å². The van der Waals surface area contributed by atoms with Gasteiger partial charge in [-0.1, -0.05) is 0 Å². The number of pyridine rings is 1. The number of fused-ring (bicyclic) bond motifs is 1. The fraction of sp³-hybridized carbons (Fsp3) is 0.273. The predicted octanol–water partition coefficient (Wildman–Crippen LogP) is 1.76. The first-order valence-corrected chi connectivity index (χ1v) is 7.04. The highest BCUT2D eigenvalue weighted by Gasteiger charge is 2.49. The third-order valence-electron chi connectivity index (χ3n) is 2.52. The Kier molecular flexibility index (Phi) is 3.77. The first-order valence-electron chi connectivity index (χ1n) is 5.63. The third-order valence-corrected chi connectivity index (χ3v) is 3.47. The van der Waals surface area contributed by atoms with Crippen LogP contribution in [0.4, 0.5) is 13.2 Å². The molecule has 0 saturated carbocycles. The van der Waals surface area contributed by atoms with E-state index >= 15 is 0 Å². The highest BCUT2D eigenvalue weighted by molar-refractivity contribution is 7.88. The minimum absolute atomic E-state index is 0.0347. The van der Waals surface area contributed by atoms with Gasteiger partial charge in [0, 0.05) is 26.5 Å². The van der Waals surface area contributed by atoms with Gasteiger partial charge in [-0.05, 0) is 6.07 Å². The number of amides is 1. The van der Waals surface area contributed by atoms with Crippen molar-refractivity contribution in [3.8, 4) is 5.75 Å². The molecule has 2 rings (SSSR count). The molecule has 0 aliphatic rings. The van der Waals surface area contributed by atoms with Crippen LogP contribution in [0, 0.1) is 0 Å². The largest absolute Gasteiger partial charge is 0.534 e. The Balaban J connectivity index is 2.66. The molecule has 2 aromatic rings. The summed E-state index contributed by atoms with van der Waals surface area (Å²) in [5, 5.41) is -0.166. The molecule has 1 amide bonds. The number of nitrogens with zero attached hydrogens (tertiary/aromatic N) is 2. The maximum atomic E-state index is 12.5. The molecule has 0 spiro atoms. The topological polar surface area (TPSA) is 89.7 Å². The average Bonchev–Trinajstić information content (AvgIpc) is 2.75. The lowest BCUT2D eigenvalue weighted by atomic mass is 10.3. The van der Waals surface area contributed by atoms with Gasteiger partial charge in [-0.2, -0.15) is 21.6 Å². The molecule has 0 unspecified atom stereocenters. The lowest BCUT2D eigenvalue weighted by molar-refractivity contribution is -0.0500. The van der Waals surface area contributed by atoms with Crippen molar-refractivity contribution in [2.45, 2.75) is 5.51 Å². The Morgan fingerprint density at radius 3 is 2.55 bits per heavy atom. The number of furan rings is 1. The van der Waals surface area contributed by atoms with Crippen molar-refractivity contribution in [2.75, 3.05) is 14.1 Å². The molecule has 0 radical (unpaired) electrons. The molecule has 11 heteroatoms. The molecule has 7 nitrogen and oxygen atoms in total. The van der Waals surface area contributed by atoms with Crippen molar-refractivity contribution < 1.29 is 35.0 Å². The summed E-state index contributed by atoms with van der Waals surface area (Å²) < 4.78 is 68.9. The normalized spacial score (nSPS) is 12.4. The summed E-state index contributed by atoms with van der Waals surface area (Å²) in [7, 11) is -3.32. The van der Waals surface area contributed by atoms with Gasteiger partial charge in [0.2, 0.25) is 11.5 Å². The quantitative estimate of drug-likeness (QED) is 0.626. The van der Waals surface area contributed by atoms with Crippen LogP contribution >= 0.6 is 0 Å². The van der Waals surface area contributed by atoms with Gasteiger partial charge in [0.05, 0.1) is 5.39 Å². The fourth-order valence-corrected chi connectivity index (χ4v) is 1.98. The molecule has 0 atom stereocenters. The summed E-state index contributed by atoms with van der Waals surface area (Å²) >= 11 is 0. The van der Waals surface area contributed by atoms with Gasteiger partial charge in [0.25, 0.3) is 5.91 Å². The zero-order valence-corrected chi connectivity index (χ0v) is 12.0. The van der Waals surface area contributed by atoms with Gasteiger partial charge in [0.15, 0.2) is 0 Å². The van der Waals surface area contributed by atoms with Crippen LogP contribution in [0.25, 0.3) is 11.0 Å². The minimum Gasteiger partial charge on any atom is -0.447 e. The summed E-state index contributed by atoms with van der Waals surface area (Å²) in [4.78, 5) is 16.6. The molecule has 0 bridgehead atoms. The second-order valence-corrected chi connectivity index (χ2v) is 5.85. The zero-order valence-electron chi connectivity index (χ0n) is 11.2. The number of carbonyl (C=O) groups excluding carboxylic acids is 1. The van der Waals surface area contributed by atoms with E-state index in [2.05, 4.69) is 9.17 Å². The Hall–Kier alpha value is -2.30. The Bertz CT molecular complexity index is 826. The maximum Gasteiger partial charge on any atom is 0.534 e. The molecule has 0 aliphatic heterocycles. The van der Waals surface area contributed by atoms with Crippen LogP contribution in [0.2, 0.25) is 0 Å². The Morgan fingerprint density at radius 1 is 1.36 bits per heavy atom. The highest BCUT2D eigenvalue weighted by Crippen LogP contribution is 2.36. The molecule has 22 heavy (non-hydrogen) atoms. The number of aromatic nitrogens is 1. The van der Waals surface area contributed by atoms with Gasteiger partial charge < -0.3 is 13.5 Å². The monoisotopic (exact) mass is 338 g/mol. The second-order valence-electron chi connectivity index (χ2n) is 4.31. The highest BCUT2D eigenvalue weighted by atomic mass is 32.2. The SMILES string of the molecule is CN(C)C(=O)c1oc2ccncc2c1OS(=O)(=O)C(F)(F)F. The number of carbonyl (C=O) groups is 1. The van der Waals surface area contributed by atoms with Crippen molar-refractivity contribution in [2.24, 2.45) is 0 Å². The van der Waals surface area contributed by atoms with E-state index in [-0.39, 0.29) is 11.0 Å². The van der Waals surface area contributed by atoms with Crippen molar-refractivity contribution in [3.63, 3.8) is 0 Å². The first-order chi connectivity index (χ1) is 10.0. The van der Waals surface area contributed by atoms with Gasteiger partial charge in [-0.25, -0.2) is 0 Å². The molecular weight excluding hydrogens is 329 g/mol. The van der Waals surface area contributed by atoms with Crippen molar-refractivity contribution in [1.82, 2.24) is 9.88 Å². The molecular formula is C11H9F3N2O5S. The van der Waals surface area contributed by atoms with Crippen LogP contribution in [0.1, 0.15) is 10.6 Å². The molecule has 0 aliphatic carbocycles. The number of halogens is 3. The van der Waals surface area contributed by atoms with E-state index in [1.54, 1.807) is 0 Å². The molecule has 2 aromatic heterocycles. The number of alkyl halides is 3. The molecule has 120 valence electrons. The van der Waals surface area contributed by atoms with Gasteiger partial charge >= 0.3 is 15.6 Å². The number of hydrogen-bond acceptors (Lipinski definition) is 6. The summed E-state index contributed by atoms with van der Waals surface area (Å²) in [6.07, 6.45) is 2.30. The van der Waals surface area contributed by atoms with Gasteiger partial charge in [-0.3, -0.25) is 9.78 Å². The molecule has 0 N–H and O–H groups in total. The van der Waals surface area contributed by atoms with Crippen LogP contribution < -0.4 is 4.18 Å². The molecule has 2 heterocycles. The lowest BCUT2D eigenvalue weighted by Gasteiger charge is -2.11. The summed E-state index contributed by atoms with van der Waals surface area (Å²) in [5.74, 6) is -2.37. The van der Waals surface area contributed by atoms with Crippen LogP contribution in [0.5, 0.6) is 5.75 Å². The van der Waals surface area contributed by atoms with Gasteiger partial charge in [-0.15, -0.1) is 0 Å². The summed E-state index contributed by atoms with van der Waals surface area (Å²) in [5.41, 5.74) is -5.68. The molecule has 0 aromatic carbocycles. The van der Waals surface area contributed by atoms with E-state index in [0.29, 0.717) is 0 Å². The van der Waals surface area contributed by atoms with Crippen LogP contribution in [-0.2, 0) is 10.1 Å².